The molecule has 0 aromatic heterocycles. The number of anilines is 1. The fourth-order valence-electron chi connectivity index (χ4n) is 2.42. The van der Waals surface area contributed by atoms with Gasteiger partial charge in [-0.05, 0) is 61.7 Å². The highest BCUT2D eigenvalue weighted by Crippen LogP contribution is 2.17. The first-order valence-corrected chi connectivity index (χ1v) is 10.0. The van der Waals surface area contributed by atoms with Crippen LogP contribution in [-0.2, 0) is 16.4 Å². The van der Waals surface area contributed by atoms with Gasteiger partial charge in [-0.15, -0.1) is 0 Å². The van der Waals surface area contributed by atoms with Crippen LogP contribution in [-0.4, -0.2) is 33.7 Å². The SMILES string of the molecule is CCS(=O)(=O)N(C)c1ccc(C(=O)NCCCc2ccc(F)cc2)cc1. The summed E-state index contributed by atoms with van der Waals surface area (Å²) < 4.78 is 37.8. The van der Waals surface area contributed by atoms with Gasteiger partial charge in [0.15, 0.2) is 0 Å². The summed E-state index contributed by atoms with van der Waals surface area (Å²) >= 11 is 0. The summed E-state index contributed by atoms with van der Waals surface area (Å²) in [6.45, 7) is 2.08. The molecule has 0 aliphatic heterocycles. The molecule has 2 aromatic rings. The molecule has 0 radical (unpaired) electrons. The fraction of sp³-hybridized carbons (Fsp3) is 0.316. The van der Waals surface area contributed by atoms with Gasteiger partial charge in [0.1, 0.15) is 5.82 Å². The Kier molecular flexibility index (Phi) is 6.74. The van der Waals surface area contributed by atoms with Crippen molar-refractivity contribution in [2.45, 2.75) is 19.8 Å². The van der Waals surface area contributed by atoms with Crippen LogP contribution in [0, 0.1) is 5.82 Å². The standard InChI is InChI=1S/C19H23FN2O3S/c1-3-26(24,25)22(2)18-12-8-16(9-13-18)19(23)21-14-4-5-15-6-10-17(20)11-7-15/h6-13H,3-5,14H2,1-2H3,(H,21,23). The lowest BCUT2D eigenvalue weighted by Crippen LogP contribution is -2.28. The van der Waals surface area contributed by atoms with Crippen molar-refractivity contribution in [3.05, 3.63) is 65.5 Å². The molecule has 0 spiro atoms. The summed E-state index contributed by atoms with van der Waals surface area (Å²) in [5, 5.41) is 2.83. The van der Waals surface area contributed by atoms with Crippen molar-refractivity contribution < 1.29 is 17.6 Å². The van der Waals surface area contributed by atoms with Crippen LogP contribution in [0.25, 0.3) is 0 Å². The molecule has 0 saturated heterocycles. The second-order valence-electron chi connectivity index (χ2n) is 5.90. The van der Waals surface area contributed by atoms with E-state index in [-0.39, 0.29) is 17.5 Å². The number of nitrogens with zero attached hydrogens (tertiary/aromatic N) is 1. The molecule has 0 atom stereocenters. The van der Waals surface area contributed by atoms with Crippen LogP contribution in [0.4, 0.5) is 10.1 Å². The molecule has 7 heteroatoms. The van der Waals surface area contributed by atoms with Gasteiger partial charge in [0.05, 0.1) is 11.4 Å². The molecule has 0 heterocycles. The number of hydrogen-bond donors (Lipinski definition) is 1. The highest BCUT2D eigenvalue weighted by Gasteiger charge is 2.16. The van der Waals surface area contributed by atoms with Gasteiger partial charge in [0, 0.05) is 19.2 Å². The van der Waals surface area contributed by atoms with E-state index < -0.39 is 10.0 Å². The predicted molar refractivity (Wildman–Crippen MR) is 101 cm³/mol. The summed E-state index contributed by atoms with van der Waals surface area (Å²) in [7, 11) is -1.83. The third kappa shape index (κ3) is 5.29. The van der Waals surface area contributed by atoms with Crippen molar-refractivity contribution in [2.24, 2.45) is 0 Å². The van der Waals surface area contributed by atoms with Gasteiger partial charge in [-0.3, -0.25) is 9.10 Å². The molecule has 0 unspecified atom stereocenters. The predicted octanol–water partition coefficient (Wildman–Crippen LogP) is 2.97. The monoisotopic (exact) mass is 378 g/mol. The summed E-state index contributed by atoms with van der Waals surface area (Å²) in [5.41, 5.74) is 2.00. The van der Waals surface area contributed by atoms with Crippen LogP contribution in [0.2, 0.25) is 0 Å². The Balaban J connectivity index is 1.85. The van der Waals surface area contributed by atoms with Gasteiger partial charge in [-0.1, -0.05) is 12.1 Å². The van der Waals surface area contributed by atoms with E-state index in [0.717, 1.165) is 18.4 Å². The zero-order chi connectivity index (χ0) is 19.2. The van der Waals surface area contributed by atoms with E-state index in [4.69, 9.17) is 0 Å². The Labute approximate surface area is 153 Å². The maximum Gasteiger partial charge on any atom is 0.251 e. The lowest BCUT2D eigenvalue weighted by atomic mass is 10.1. The van der Waals surface area contributed by atoms with E-state index in [9.17, 15) is 17.6 Å². The molecule has 0 fully saturated rings. The van der Waals surface area contributed by atoms with Crippen molar-refractivity contribution >= 4 is 21.6 Å². The Morgan fingerprint density at radius 3 is 2.27 bits per heavy atom. The molecule has 140 valence electrons. The van der Waals surface area contributed by atoms with Gasteiger partial charge in [-0.2, -0.15) is 0 Å². The third-order valence-electron chi connectivity index (χ3n) is 4.12. The average Bonchev–Trinajstić information content (AvgIpc) is 2.66. The zero-order valence-electron chi connectivity index (χ0n) is 14.9. The molecule has 26 heavy (non-hydrogen) atoms. The van der Waals surface area contributed by atoms with Crippen LogP contribution < -0.4 is 9.62 Å². The van der Waals surface area contributed by atoms with Crippen LogP contribution in [0.3, 0.4) is 0 Å². The topological polar surface area (TPSA) is 66.5 Å². The molecule has 1 N–H and O–H groups in total. The van der Waals surface area contributed by atoms with E-state index >= 15 is 0 Å². The number of sulfonamides is 1. The smallest absolute Gasteiger partial charge is 0.251 e. The molecule has 2 aromatic carbocycles. The highest BCUT2D eigenvalue weighted by molar-refractivity contribution is 7.92. The van der Waals surface area contributed by atoms with E-state index in [1.165, 1.54) is 23.5 Å². The number of nitrogens with one attached hydrogen (secondary N) is 1. The van der Waals surface area contributed by atoms with Gasteiger partial charge >= 0.3 is 0 Å². The maximum atomic E-state index is 12.8. The van der Waals surface area contributed by atoms with E-state index in [2.05, 4.69) is 5.32 Å². The van der Waals surface area contributed by atoms with Crippen LogP contribution in [0.15, 0.2) is 48.5 Å². The van der Waals surface area contributed by atoms with Crippen LogP contribution in [0.5, 0.6) is 0 Å². The third-order valence-corrected chi connectivity index (χ3v) is 5.89. The minimum atomic E-state index is -3.32. The summed E-state index contributed by atoms with van der Waals surface area (Å²) in [4.78, 5) is 12.1. The number of benzene rings is 2. The zero-order valence-corrected chi connectivity index (χ0v) is 15.7. The lowest BCUT2D eigenvalue weighted by molar-refractivity contribution is 0.0953. The fourth-order valence-corrected chi connectivity index (χ4v) is 3.25. The molecule has 2 rings (SSSR count). The maximum absolute atomic E-state index is 12.8. The molecule has 1 amide bonds. The van der Waals surface area contributed by atoms with Crippen molar-refractivity contribution in [2.75, 3.05) is 23.7 Å². The van der Waals surface area contributed by atoms with Crippen molar-refractivity contribution in [3.8, 4) is 0 Å². The molecule has 5 nitrogen and oxygen atoms in total. The van der Waals surface area contributed by atoms with Gasteiger partial charge in [0.2, 0.25) is 10.0 Å². The number of carbonyl (C=O) groups excluding carboxylic acids is 1. The van der Waals surface area contributed by atoms with Crippen molar-refractivity contribution in [1.82, 2.24) is 5.32 Å². The summed E-state index contributed by atoms with van der Waals surface area (Å²) in [6, 6.07) is 12.7. The summed E-state index contributed by atoms with van der Waals surface area (Å²) in [5.74, 6) is -0.459. The minimum absolute atomic E-state index is 0.0137. The molecule has 0 aliphatic rings. The van der Waals surface area contributed by atoms with Crippen molar-refractivity contribution in [3.63, 3.8) is 0 Å². The van der Waals surface area contributed by atoms with Crippen LogP contribution >= 0.6 is 0 Å². The molecular formula is C19H23FN2O3S. The van der Waals surface area contributed by atoms with Gasteiger partial charge in [0.25, 0.3) is 5.91 Å². The normalized spacial score (nSPS) is 11.2. The van der Waals surface area contributed by atoms with Crippen molar-refractivity contribution in [1.29, 1.82) is 0 Å². The quantitative estimate of drug-likeness (QED) is 0.718. The van der Waals surface area contributed by atoms with E-state index in [1.807, 2.05) is 0 Å². The molecule has 0 bridgehead atoms. The largest absolute Gasteiger partial charge is 0.352 e. The second-order valence-corrected chi connectivity index (χ2v) is 8.19. The van der Waals surface area contributed by atoms with Gasteiger partial charge < -0.3 is 5.32 Å². The van der Waals surface area contributed by atoms with E-state index in [1.54, 1.807) is 43.3 Å². The summed E-state index contributed by atoms with van der Waals surface area (Å²) in [6.07, 6.45) is 1.49. The molecule has 0 saturated carbocycles. The molecule has 0 aliphatic carbocycles. The second kappa shape index (κ2) is 8.80. The number of halogens is 1. The molecular weight excluding hydrogens is 355 g/mol. The number of rotatable bonds is 8. The van der Waals surface area contributed by atoms with Crippen LogP contribution in [0.1, 0.15) is 29.3 Å². The van der Waals surface area contributed by atoms with E-state index in [0.29, 0.717) is 17.8 Å². The number of aryl methyl sites for hydroxylation is 1. The number of hydrogen-bond acceptors (Lipinski definition) is 3. The Morgan fingerprint density at radius 1 is 1.08 bits per heavy atom. The Bertz CT molecular complexity index is 834. The lowest BCUT2D eigenvalue weighted by Gasteiger charge is -2.18. The highest BCUT2D eigenvalue weighted by atomic mass is 32.2. The first kappa shape index (κ1) is 19.9. The average molecular weight is 378 g/mol. The Morgan fingerprint density at radius 2 is 1.69 bits per heavy atom. The Hall–Kier alpha value is -2.41. The number of carbonyl (C=O) groups is 1. The van der Waals surface area contributed by atoms with Gasteiger partial charge in [-0.25, -0.2) is 12.8 Å². The number of amides is 1. The minimum Gasteiger partial charge on any atom is -0.352 e. The first-order valence-electron chi connectivity index (χ1n) is 8.43. The first-order chi connectivity index (χ1) is 12.3.